The second kappa shape index (κ2) is 8.18. The van der Waals surface area contributed by atoms with Crippen LogP contribution in [0.1, 0.15) is 6.92 Å². The van der Waals surface area contributed by atoms with Gasteiger partial charge in [-0.3, -0.25) is 4.79 Å². The van der Waals surface area contributed by atoms with Crippen LogP contribution in [0.25, 0.3) is 10.8 Å². The molecule has 0 bridgehead atoms. The first-order valence-corrected chi connectivity index (χ1v) is 10.3. The van der Waals surface area contributed by atoms with Crippen molar-refractivity contribution in [1.29, 1.82) is 0 Å². The monoisotopic (exact) mass is 418 g/mol. The molecule has 2 N–H and O–H groups in total. The molecule has 1 amide bonds. The molecule has 3 rings (SSSR count). The molecule has 0 spiro atoms. The summed E-state index contributed by atoms with van der Waals surface area (Å²) >= 11 is 6.00. The smallest absolute Gasteiger partial charge is 0.242 e. The highest BCUT2D eigenvalue weighted by Gasteiger charge is 2.23. The molecular weight excluding hydrogens is 400 g/mol. The van der Waals surface area contributed by atoms with Crippen molar-refractivity contribution in [2.24, 2.45) is 0 Å². The summed E-state index contributed by atoms with van der Waals surface area (Å²) in [6, 6.07) is 16.2. The highest BCUT2D eigenvalue weighted by Crippen LogP contribution is 2.27. The van der Waals surface area contributed by atoms with Crippen LogP contribution in [0.3, 0.4) is 0 Å². The van der Waals surface area contributed by atoms with Gasteiger partial charge >= 0.3 is 0 Å². The Bertz CT molecular complexity index is 1130. The van der Waals surface area contributed by atoms with Crippen LogP contribution < -0.4 is 14.8 Å². The lowest BCUT2D eigenvalue weighted by Crippen LogP contribution is -2.41. The molecule has 146 valence electrons. The standard InChI is InChI=1S/C20H19ClN2O4S/c1-13(23-28(25,26)15-10-11-19(27-2)17(21)12-15)20(24)22-18-9-5-7-14-6-3-4-8-16(14)18/h3-13,23H,1-2H3,(H,22,24)/t13-/m0/s1. The quantitative estimate of drug-likeness (QED) is 0.637. The van der Waals surface area contributed by atoms with E-state index in [2.05, 4.69) is 10.0 Å². The van der Waals surface area contributed by atoms with Gasteiger partial charge in [0.05, 0.1) is 23.1 Å². The number of rotatable bonds is 6. The van der Waals surface area contributed by atoms with Crippen LogP contribution in [0.5, 0.6) is 5.75 Å². The van der Waals surface area contributed by atoms with Gasteiger partial charge in [0.1, 0.15) is 5.75 Å². The first-order chi connectivity index (χ1) is 13.3. The van der Waals surface area contributed by atoms with Crippen molar-refractivity contribution in [1.82, 2.24) is 4.72 Å². The molecule has 3 aromatic carbocycles. The lowest BCUT2D eigenvalue weighted by Gasteiger charge is -2.16. The number of nitrogens with one attached hydrogen (secondary N) is 2. The summed E-state index contributed by atoms with van der Waals surface area (Å²) in [5.41, 5.74) is 0.613. The maximum Gasteiger partial charge on any atom is 0.242 e. The molecule has 0 unspecified atom stereocenters. The van der Waals surface area contributed by atoms with E-state index in [9.17, 15) is 13.2 Å². The number of amides is 1. The van der Waals surface area contributed by atoms with E-state index < -0.39 is 22.0 Å². The molecule has 0 fully saturated rings. The van der Waals surface area contributed by atoms with E-state index >= 15 is 0 Å². The maximum absolute atomic E-state index is 12.6. The summed E-state index contributed by atoms with van der Waals surface area (Å²) in [4.78, 5) is 12.5. The van der Waals surface area contributed by atoms with Gasteiger partial charge in [-0.1, -0.05) is 48.0 Å². The van der Waals surface area contributed by atoms with Gasteiger partial charge in [0, 0.05) is 11.1 Å². The third kappa shape index (κ3) is 4.27. The van der Waals surface area contributed by atoms with Gasteiger partial charge in [0.15, 0.2) is 0 Å². The van der Waals surface area contributed by atoms with E-state index in [1.54, 1.807) is 6.07 Å². The zero-order valence-electron chi connectivity index (χ0n) is 15.3. The second-order valence-corrected chi connectivity index (χ2v) is 8.28. The molecule has 0 heterocycles. The van der Waals surface area contributed by atoms with Crippen molar-refractivity contribution in [3.8, 4) is 5.75 Å². The van der Waals surface area contributed by atoms with Crippen molar-refractivity contribution in [2.45, 2.75) is 17.9 Å². The molecule has 6 nitrogen and oxygen atoms in total. The maximum atomic E-state index is 12.6. The predicted molar refractivity (Wildman–Crippen MR) is 110 cm³/mol. The van der Waals surface area contributed by atoms with Crippen molar-refractivity contribution in [3.63, 3.8) is 0 Å². The Hall–Kier alpha value is -2.61. The van der Waals surface area contributed by atoms with E-state index in [-0.39, 0.29) is 9.92 Å². The summed E-state index contributed by atoms with van der Waals surface area (Å²) in [7, 11) is -2.50. The molecule has 0 aliphatic rings. The third-order valence-corrected chi connectivity index (χ3v) is 6.04. The zero-order valence-corrected chi connectivity index (χ0v) is 16.8. The lowest BCUT2D eigenvalue weighted by molar-refractivity contribution is -0.117. The summed E-state index contributed by atoms with van der Waals surface area (Å²) in [6.45, 7) is 1.48. The Morgan fingerprint density at radius 1 is 1.07 bits per heavy atom. The summed E-state index contributed by atoms with van der Waals surface area (Å²) in [6.07, 6.45) is 0. The Balaban J connectivity index is 1.77. The van der Waals surface area contributed by atoms with Crippen LogP contribution >= 0.6 is 11.6 Å². The second-order valence-electron chi connectivity index (χ2n) is 6.16. The number of anilines is 1. The third-order valence-electron chi connectivity index (χ3n) is 4.21. The molecule has 0 aliphatic heterocycles. The molecule has 0 aliphatic carbocycles. The molecular formula is C20H19ClN2O4S. The molecule has 0 saturated carbocycles. The number of carbonyl (C=O) groups excluding carboxylic acids is 1. The predicted octanol–water partition coefficient (Wildman–Crippen LogP) is 3.81. The highest BCUT2D eigenvalue weighted by atomic mass is 35.5. The van der Waals surface area contributed by atoms with Gasteiger partial charge in [-0.15, -0.1) is 0 Å². The lowest BCUT2D eigenvalue weighted by atomic mass is 10.1. The average Bonchev–Trinajstić information content (AvgIpc) is 2.67. The number of sulfonamides is 1. The van der Waals surface area contributed by atoms with Crippen LogP contribution in [0.4, 0.5) is 5.69 Å². The van der Waals surface area contributed by atoms with Gasteiger partial charge < -0.3 is 10.1 Å². The Morgan fingerprint density at radius 3 is 2.50 bits per heavy atom. The SMILES string of the molecule is COc1ccc(S(=O)(=O)N[C@@H](C)C(=O)Nc2cccc3ccccc23)cc1Cl. The average molecular weight is 419 g/mol. The van der Waals surface area contributed by atoms with E-state index in [0.717, 1.165) is 10.8 Å². The molecule has 0 radical (unpaired) electrons. The molecule has 3 aromatic rings. The minimum atomic E-state index is -3.94. The van der Waals surface area contributed by atoms with Crippen LogP contribution in [-0.4, -0.2) is 27.5 Å². The van der Waals surface area contributed by atoms with Gasteiger partial charge in [0.2, 0.25) is 15.9 Å². The molecule has 8 heteroatoms. The van der Waals surface area contributed by atoms with E-state index in [0.29, 0.717) is 11.4 Å². The molecule has 28 heavy (non-hydrogen) atoms. The molecule has 1 atom stereocenters. The first-order valence-electron chi connectivity index (χ1n) is 8.46. The van der Waals surface area contributed by atoms with Crippen molar-refractivity contribution >= 4 is 44.0 Å². The number of carbonyl (C=O) groups is 1. The van der Waals surface area contributed by atoms with Gasteiger partial charge in [0.25, 0.3) is 0 Å². The van der Waals surface area contributed by atoms with Crippen LogP contribution in [-0.2, 0) is 14.8 Å². The first kappa shape index (κ1) is 20.1. The van der Waals surface area contributed by atoms with Crippen LogP contribution in [0.2, 0.25) is 5.02 Å². The number of hydrogen-bond acceptors (Lipinski definition) is 4. The molecule has 0 aromatic heterocycles. The number of methoxy groups -OCH3 is 1. The summed E-state index contributed by atoms with van der Waals surface area (Å²) < 4.78 is 32.5. The van der Waals surface area contributed by atoms with Gasteiger partial charge in [-0.25, -0.2) is 8.42 Å². The summed E-state index contributed by atoms with van der Waals surface area (Å²) in [5.74, 6) is -0.109. The zero-order chi connectivity index (χ0) is 20.3. The number of benzene rings is 3. The number of ether oxygens (including phenoxy) is 1. The summed E-state index contributed by atoms with van der Waals surface area (Å²) in [5, 5.41) is 4.79. The largest absolute Gasteiger partial charge is 0.495 e. The van der Waals surface area contributed by atoms with Gasteiger partial charge in [-0.05, 0) is 36.6 Å². The van der Waals surface area contributed by atoms with Crippen molar-refractivity contribution in [2.75, 3.05) is 12.4 Å². The number of hydrogen-bond donors (Lipinski definition) is 2. The van der Waals surface area contributed by atoms with Crippen molar-refractivity contribution < 1.29 is 17.9 Å². The highest BCUT2D eigenvalue weighted by molar-refractivity contribution is 7.89. The number of halogens is 1. The fraction of sp³-hybridized carbons (Fsp3) is 0.150. The molecule has 0 saturated heterocycles. The van der Waals surface area contributed by atoms with Crippen molar-refractivity contribution in [3.05, 3.63) is 65.7 Å². The van der Waals surface area contributed by atoms with Gasteiger partial charge in [-0.2, -0.15) is 4.72 Å². The Morgan fingerprint density at radius 2 is 1.79 bits per heavy atom. The van der Waals surface area contributed by atoms with E-state index in [1.165, 1.54) is 32.2 Å². The topological polar surface area (TPSA) is 84.5 Å². The fourth-order valence-electron chi connectivity index (χ4n) is 2.74. The number of fused-ring (bicyclic) bond motifs is 1. The minimum Gasteiger partial charge on any atom is -0.495 e. The van der Waals surface area contributed by atoms with E-state index in [4.69, 9.17) is 16.3 Å². The Kier molecular flexibility index (Phi) is 5.88. The van der Waals surface area contributed by atoms with E-state index in [1.807, 2.05) is 36.4 Å². The Labute approximate surface area is 168 Å². The normalized spacial score (nSPS) is 12.5. The minimum absolute atomic E-state index is 0.0527. The fourth-order valence-corrected chi connectivity index (χ4v) is 4.30. The van der Waals surface area contributed by atoms with Crippen LogP contribution in [0.15, 0.2) is 65.6 Å². The van der Waals surface area contributed by atoms with Crippen LogP contribution in [0, 0.1) is 0 Å².